The molecule has 0 saturated carbocycles. The molecule has 1 rings (SSSR count). The van der Waals surface area contributed by atoms with E-state index in [2.05, 4.69) is 4.98 Å². The predicted octanol–water partition coefficient (Wildman–Crippen LogP) is 0.318. The van der Waals surface area contributed by atoms with Crippen molar-refractivity contribution in [3.8, 4) is 0 Å². The lowest BCUT2D eigenvalue weighted by Gasteiger charge is -2.03. The van der Waals surface area contributed by atoms with Gasteiger partial charge in [0.2, 0.25) is 0 Å². The molecule has 1 aromatic heterocycles. The Kier molecular flexibility index (Phi) is 5.42. The highest BCUT2D eigenvalue weighted by Gasteiger charge is 2.24. The highest BCUT2D eigenvalue weighted by atomic mass is 16.6. The van der Waals surface area contributed by atoms with Crippen molar-refractivity contribution in [1.82, 2.24) is 4.98 Å². The standard InChI is InChI=1S/C8H5NO6.HNO2/c10-6(11)3-1-2-9-5(8(14)15)4(3)7(12)13;2-1-3/h1-2H,(H,10,11)(H,12,13)(H,14,15);(H,2,3). The van der Waals surface area contributed by atoms with Crippen LogP contribution >= 0.6 is 0 Å². The SMILES string of the molecule is O=C(O)c1ccnc(C(=O)O)c1C(=O)O.O=NO. The van der Waals surface area contributed by atoms with Crippen molar-refractivity contribution in [2.45, 2.75) is 0 Å². The molecule has 10 nitrogen and oxygen atoms in total. The van der Waals surface area contributed by atoms with Gasteiger partial charge in [0.15, 0.2) is 11.0 Å². The average molecular weight is 258 g/mol. The van der Waals surface area contributed by atoms with Crippen molar-refractivity contribution >= 4 is 17.9 Å². The van der Waals surface area contributed by atoms with E-state index in [9.17, 15) is 14.4 Å². The first-order valence-corrected chi connectivity index (χ1v) is 4.02. The zero-order chi connectivity index (χ0) is 14.3. The minimum absolute atomic E-state index is 0.602. The van der Waals surface area contributed by atoms with Gasteiger partial charge in [0.25, 0.3) is 0 Å². The van der Waals surface area contributed by atoms with E-state index in [1.807, 2.05) is 0 Å². The van der Waals surface area contributed by atoms with E-state index in [0.717, 1.165) is 12.3 Å². The molecule has 18 heavy (non-hydrogen) atoms. The quantitative estimate of drug-likeness (QED) is 0.439. The summed E-state index contributed by atoms with van der Waals surface area (Å²) >= 11 is 0. The zero-order valence-electron chi connectivity index (χ0n) is 8.47. The summed E-state index contributed by atoms with van der Waals surface area (Å²) in [6, 6.07) is 0.929. The molecule has 0 spiro atoms. The number of hydrogen-bond acceptors (Lipinski definition) is 6. The van der Waals surface area contributed by atoms with Crippen molar-refractivity contribution < 1.29 is 34.9 Å². The normalized spacial score (nSPS) is 8.67. The minimum Gasteiger partial charge on any atom is -0.478 e. The zero-order valence-corrected chi connectivity index (χ0v) is 8.47. The van der Waals surface area contributed by atoms with E-state index in [-0.39, 0.29) is 0 Å². The molecule has 0 fully saturated rings. The molecule has 0 aliphatic rings. The molecule has 4 N–H and O–H groups in total. The Labute approximate surface area is 98.1 Å². The summed E-state index contributed by atoms with van der Waals surface area (Å²) in [7, 11) is 0. The fourth-order valence-electron chi connectivity index (χ4n) is 1.02. The molecule has 0 unspecified atom stereocenters. The fraction of sp³-hybridized carbons (Fsp3) is 0. The van der Waals surface area contributed by atoms with Crippen LogP contribution in [0.1, 0.15) is 31.2 Å². The third-order valence-electron chi connectivity index (χ3n) is 1.60. The molecular weight excluding hydrogens is 252 g/mol. The highest BCUT2D eigenvalue weighted by molar-refractivity contribution is 6.07. The molecule has 96 valence electrons. The number of carboxylic acids is 3. The number of hydrogen-bond donors (Lipinski definition) is 4. The second-order valence-electron chi connectivity index (χ2n) is 2.58. The molecule has 1 aromatic rings. The lowest BCUT2D eigenvalue weighted by atomic mass is 10.1. The minimum atomic E-state index is -1.64. The number of rotatable bonds is 3. The summed E-state index contributed by atoms with van der Waals surface area (Å²) in [6.07, 6.45) is 0.930. The van der Waals surface area contributed by atoms with Gasteiger partial charge in [-0.3, -0.25) is 0 Å². The van der Waals surface area contributed by atoms with Crippen LogP contribution in [0.3, 0.4) is 0 Å². The summed E-state index contributed by atoms with van der Waals surface area (Å²) < 4.78 is 0. The largest absolute Gasteiger partial charge is 0.478 e. The van der Waals surface area contributed by atoms with E-state index >= 15 is 0 Å². The Bertz CT molecular complexity index is 466. The van der Waals surface area contributed by atoms with Crippen LogP contribution in [0, 0.1) is 4.91 Å². The van der Waals surface area contributed by atoms with Crippen LogP contribution in [0.15, 0.2) is 17.6 Å². The molecular formula is C8H6N2O8. The van der Waals surface area contributed by atoms with Crippen molar-refractivity contribution in [3.05, 3.63) is 34.0 Å². The van der Waals surface area contributed by atoms with Gasteiger partial charge in [-0.05, 0) is 6.07 Å². The van der Waals surface area contributed by atoms with Gasteiger partial charge in [0.05, 0.1) is 5.56 Å². The van der Waals surface area contributed by atoms with Gasteiger partial charge < -0.3 is 20.5 Å². The topological polar surface area (TPSA) is 174 Å². The van der Waals surface area contributed by atoms with Crippen LogP contribution in [-0.4, -0.2) is 43.4 Å². The number of carbonyl (C=O) groups is 3. The lowest BCUT2D eigenvalue weighted by Crippen LogP contribution is -2.16. The van der Waals surface area contributed by atoms with E-state index in [1.165, 1.54) is 5.34 Å². The number of aromatic nitrogens is 1. The van der Waals surface area contributed by atoms with Crippen LogP contribution in [0.4, 0.5) is 0 Å². The number of pyridine rings is 1. The first-order valence-electron chi connectivity index (χ1n) is 4.02. The maximum atomic E-state index is 10.7. The summed E-state index contributed by atoms with van der Waals surface area (Å²) in [5.41, 5.74) is -2.21. The number of carboxylic acid groups (broad SMARTS) is 3. The molecule has 0 aromatic carbocycles. The van der Waals surface area contributed by atoms with Crippen molar-refractivity contribution in [1.29, 1.82) is 0 Å². The van der Waals surface area contributed by atoms with Gasteiger partial charge in [0, 0.05) is 6.20 Å². The second-order valence-corrected chi connectivity index (χ2v) is 2.58. The Balaban J connectivity index is 0.000000873. The molecule has 1 heterocycles. The van der Waals surface area contributed by atoms with Gasteiger partial charge in [-0.2, -0.15) is 0 Å². The first kappa shape index (κ1) is 15.0. The highest BCUT2D eigenvalue weighted by Crippen LogP contribution is 2.12. The predicted molar refractivity (Wildman–Crippen MR) is 52.7 cm³/mol. The summed E-state index contributed by atoms with van der Waals surface area (Å²) in [5, 5.41) is 33.8. The van der Waals surface area contributed by atoms with Crippen LogP contribution in [-0.2, 0) is 0 Å². The Hall–Kier alpha value is -3.04. The first-order chi connectivity index (χ1) is 8.36. The smallest absolute Gasteiger partial charge is 0.355 e. The van der Waals surface area contributed by atoms with Crippen LogP contribution in [0.2, 0.25) is 0 Å². The molecule has 0 bridgehead atoms. The van der Waals surface area contributed by atoms with Gasteiger partial charge >= 0.3 is 17.9 Å². The monoisotopic (exact) mass is 258 g/mol. The van der Waals surface area contributed by atoms with Crippen molar-refractivity contribution in [2.75, 3.05) is 0 Å². The molecule has 10 heteroatoms. The Morgan fingerprint density at radius 3 is 1.89 bits per heavy atom. The molecule has 0 saturated heterocycles. The maximum absolute atomic E-state index is 10.7. The molecule has 0 atom stereocenters. The maximum Gasteiger partial charge on any atom is 0.355 e. The van der Waals surface area contributed by atoms with Gasteiger partial charge in [-0.25, -0.2) is 19.4 Å². The third-order valence-corrected chi connectivity index (χ3v) is 1.60. The second kappa shape index (κ2) is 6.52. The average Bonchev–Trinajstić information content (AvgIpc) is 2.28. The number of nitrogens with zero attached hydrogens (tertiary/aromatic N) is 2. The third kappa shape index (κ3) is 3.52. The summed E-state index contributed by atoms with van der Waals surface area (Å²) in [6.45, 7) is 0. The number of aromatic carboxylic acids is 3. The molecule has 0 aliphatic heterocycles. The van der Waals surface area contributed by atoms with Gasteiger partial charge in [-0.15, -0.1) is 4.91 Å². The molecule has 0 radical (unpaired) electrons. The van der Waals surface area contributed by atoms with E-state index in [4.69, 9.17) is 25.4 Å². The Morgan fingerprint density at radius 1 is 1.06 bits per heavy atom. The van der Waals surface area contributed by atoms with Crippen LogP contribution < -0.4 is 0 Å². The van der Waals surface area contributed by atoms with E-state index < -0.39 is 34.7 Å². The van der Waals surface area contributed by atoms with E-state index in [1.54, 1.807) is 0 Å². The Morgan fingerprint density at radius 2 is 1.56 bits per heavy atom. The summed E-state index contributed by atoms with van der Waals surface area (Å²) in [5.74, 6) is -4.74. The summed E-state index contributed by atoms with van der Waals surface area (Å²) in [4.78, 5) is 43.3. The van der Waals surface area contributed by atoms with Crippen LogP contribution in [0.25, 0.3) is 0 Å². The molecule has 0 amide bonds. The molecule has 0 aliphatic carbocycles. The van der Waals surface area contributed by atoms with E-state index in [0.29, 0.717) is 0 Å². The van der Waals surface area contributed by atoms with Gasteiger partial charge in [-0.1, -0.05) is 0 Å². The van der Waals surface area contributed by atoms with Crippen molar-refractivity contribution in [2.24, 2.45) is 5.34 Å². The fourth-order valence-corrected chi connectivity index (χ4v) is 1.02. The van der Waals surface area contributed by atoms with Gasteiger partial charge in [0.1, 0.15) is 5.56 Å². The lowest BCUT2D eigenvalue weighted by molar-refractivity contribution is 0.0629. The van der Waals surface area contributed by atoms with Crippen LogP contribution in [0.5, 0.6) is 0 Å². The van der Waals surface area contributed by atoms with Crippen molar-refractivity contribution in [3.63, 3.8) is 0 Å².